The SMILES string of the molecule is CCP(C)C(C)C. The van der Waals surface area contributed by atoms with Gasteiger partial charge >= 0.3 is 0 Å². The van der Waals surface area contributed by atoms with Gasteiger partial charge in [-0.3, -0.25) is 0 Å². The van der Waals surface area contributed by atoms with Crippen molar-refractivity contribution < 1.29 is 0 Å². The molecule has 0 aliphatic rings. The van der Waals surface area contributed by atoms with E-state index in [9.17, 15) is 0 Å². The zero-order valence-corrected chi connectivity index (χ0v) is 6.63. The van der Waals surface area contributed by atoms with Gasteiger partial charge in [-0.25, -0.2) is 0 Å². The van der Waals surface area contributed by atoms with E-state index >= 15 is 0 Å². The molecule has 0 aromatic rings. The Labute approximate surface area is 48.1 Å². The van der Waals surface area contributed by atoms with Crippen LogP contribution in [-0.2, 0) is 0 Å². The molecule has 0 nitrogen and oxygen atoms in total. The summed E-state index contributed by atoms with van der Waals surface area (Å²) in [6.07, 6.45) is 1.38. The Kier molecular flexibility index (Phi) is 3.65. The molecule has 0 spiro atoms. The summed E-state index contributed by atoms with van der Waals surface area (Å²) in [4.78, 5) is 0. The Morgan fingerprint density at radius 1 is 1.43 bits per heavy atom. The molecule has 0 saturated carbocycles. The van der Waals surface area contributed by atoms with E-state index in [0.717, 1.165) is 5.66 Å². The first kappa shape index (κ1) is 7.43. The van der Waals surface area contributed by atoms with Crippen LogP contribution in [0.5, 0.6) is 0 Å². The highest BCUT2D eigenvalue weighted by Gasteiger charge is 1.99. The molecule has 0 bridgehead atoms. The van der Waals surface area contributed by atoms with E-state index < -0.39 is 0 Å². The average Bonchev–Trinajstić information content (AvgIpc) is 1.65. The molecule has 1 unspecified atom stereocenters. The quantitative estimate of drug-likeness (QED) is 0.489. The number of hydrogen-bond donors (Lipinski definition) is 0. The van der Waals surface area contributed by atoms with Gasteiger partial charge in [-0.1, -0.05) is 20.8 Å². The largest absolute Gasteiger partial charge is 0.108 e. The summed E-state index contributed by atoms with van der Waals surface area (Å²) >= 11 is 0. The molecule has 0 aliphatic heterocycles. The molecule has 0 fully saturated rings. The van der Waals surface area contributed by atoms with E-state index in [1.807, 2.05) is 0 Å². The minimum absolute atomic E-state index is 0.363. The van der Waals surface area contributed by atoms with Crippen LogP contribution < -0.4 is 0 Å². The Hall–Kier alpha value is 0.430. The first-order valence-corrected chi connectivity index (χ1v) is 4.93. The van der Waals surface area contributed by atoms with Gasteiger partial charge in [0.15, 0.2) is 0 Å². The van der Waals surface area contributed by atoms with Gasteiger partial charge in [0.05, 0.1) is 0 Å². The van der Waals surface area contributed by atoms with Crippen molar-refractivity contribution in [2.24, 2.45) is 0 Å². The fourth-order valence-electron chi connectivity index (χ4n) is 0.365. The molecule has 0 N–H and O–H groups in total. The van der Waals surface area contributed by atoms with Crippen LogP contribution in [0.15, 0.2) is 0 Å². The maximum Gasteiger partial charge on any atom is -0.0269 e. The second-order valence-corrected chi connectivity index (χ2v) is 5.35. The molecule has 0 aromatic heterocycles. The standard InChI is InChI=1S/C6H15P/c1-5-7(4)6(2)3/h6H,5H2,1-4H3. The van der Waals surface area contributed by atoms with Crippen LogP contribution in [0.25, 0.3) is 0 Å². The van der Waals surface area contributed by atoms with Gasteiger partial charge in [0, 0.05) is 0 Å². The van der Waals surface area contributed by atoms with Crippen molar-refractivity contribution in [3.8, 4) is 0 Å². The first-order valence-electron chi connectivity index (χ1n) is 2.88. The van der Waals surface area contributed by atoms with E-state index in [2.05, 4.69) is 27.4 Å². The molecule has 0 radical (unpaired) electrons. The minimum atomic E-state index is 0.363. The van der Waals surface area contributed by atoms with Gasteiger partial charge < -0.3 is 0 Å². The fourth-order valence-corrected chi connectivity index (χ4v) is 1.10. The van der Waals surface area contributed by atoms with Crippen molar-refractivity contribution in [3.05, 3.63) is 0 Å². The van der Waals surface area contributed by atoms with Crippen molar-refractivity contribution in [3.63, 3.8) is 0 Å². The molecule has 0 aromatic carbocycles. The third kappa shape index (κ3) is 3.05. The fraction of sp³-hybridized carbons (Fsp3) is 1.00. The van der Waals surface area contributed by atoms with Gasteiger partial charge in [-0.05, 0) is 18.5 Å². The average molecular weight is 118 g/mol. The molecule has 1 heteroatoms. The lowest BCUT2D eigenvalue weighted by molar-refractivity contribution is 1.08. The normalized spacial score (nSPS) is 15.0. The predicted molar refractivity (Wildman–Crippen MR) is 38.5 cm³/mol. The Morgan fingerprint density at radius 2 is 1.86 bits per heavy atom. The van der Waals surface area contributed by atoms with Crippen LogP contribution >= 0.6 is 7.92 Å². The summed E-state index contributed by atoms with van der Waals surface area (Å²) in [5, 5.41) is 0. The summed E-state index contributed by atoms with van der Waals surface area (Å²) in [5.74, 6) is 0. The van der Waals surface area contributed by atoms with Crippen molar-refractivity contribution in [1.82, 2.24) is 0 Å². The lowest BCUT2D eigenvalue weighted by Gasteiger charge is -2.11. The van der Waals surface area contributed by atoms with Gasteiger partial charge in [0.25, 0.3) is 0 Å². The summed E-state index contributed by atoms with van der Waals surface area (Å²) in [6.45, 7) is 9.23. The third-order valence-electron chi connectivity index (χ3n) is 1.38. The topological polar surface area (TPSA) is 0 Å². The van der Waals surface area contributed by atoms with Gasteiger partial charge in [-0.15, -0.1) is 7.92 Å². The van der Waals surface area contributed by atoms with Crippen LogP contribution in [0, 0.1) is 0 Å². The maximum absolute atomic E-state index is 2.36. The number of hydrogen-bond acceptors (Lipinski definition) is 0. The van der Waals surface area contributed by atoms with Crippen LogP contribution in [0.3, 0.4) is 0 Å². The highest BCUT2D eigenvalue weighted by atomic mass is 31.1. The summed E-state index contributed by atoms with van der Waals surface area (Å²) < 4.78 is 0. The minimum Gasteiger partial charge on any atom is -0.108 e. The van der Waals surface area contributed by atoms with Crippen LogP contribution in [0.1, 0.15) is 20.8 Å². The lowest BCUT2D eigenvalue weighted by Crippen LogP contribution is -1.91. The zero-order valence-electron chi connectivity index (χ0n) is 5.73. The van der Waals surface area contributed by atoms with Crippen LogP contribution in [0.2, 0.25) is 0 Å². The van der Waals surface area contributed by atoms with E-state index in [-0.39, 0.29) is 0 Å². The molecular weight excluding hydrogens is 103 g/mol. The van der Waals surface area contributed by atoms with Crippen molar-refractivity contribution in [1.29, 1.82) is 0 Å². The van der Waals surface area contributed by atoms with E-state index in [0.29, 0.717) is 7.92 Å². The molecule has 44 valence electrons. The summed E-state index contributed by atoms with van der Waals surface area (Å²) in [5.41, 5.74) is 0.931. The van der Waals surface area contributed by atoms with Crippen LogP contribution in [-0.4, -0.2) is 18.5 Å². The Morgan fingerprint density at radius 3 is 1.86 bits per heavy atom. The molecule has 7 heavy (non-hydrogen) atoms. The summed E-state index contributed by atoms with van der Waals surface area (Å²) in [6, 6.07) is 0. The molecular formula is C6H15P. The molecule has 0 heterocycles. The molecule has 1 atom stereocenters. The van der Waals surface area contributed by atoms with Crippen molar-refractivity contribution in [2.75, 3.05) is 12.8 Å². The summed E-state index contributed by atoms with van der Waals surface area (Å²) in [7, 11) is 0.363. The number of rotatable bonds is 2. The molecule has 0 rings (SSSR count). The van der Waals surface area contributed by atoms with Crippen molar-refractivity contribution >= 4 is 7.92 Å². The monoisotopic (exact) mass is 118 g/mol. The molecule has 0 aliphatic carbocycles. The lowest BCUT2D eigenvalue weighted by atomic mass is 10.6. The molecule has 0 saturated heterocycles. The maximum atomic E-state index is 2.36. The second-order valence-electron chi connectivity index (χ2n) is 2.17. The Bertz CT molecular complexity index is 41.4. The van der Waals surface area contributed by atoms with Crippen molar-refractivity contribution in [2.45, 2.75) is 26.4 Å². The Balaban J connectivity index is 3.14. The highest BCUT2D eigenvalue weighted by Crippen LogP contribution is 2.35. The molecule has 0 amide bonds. The zero-order chi connectivity index (χ0) is 5.86. The van der Waals surface area contributed by atoms with E-state index in [1.165, 1.54) is 6.16 Å². The first-order chi connectivity index (χ1) is 3.18. The smallest absolute Gasteiger partial charge is 0.0269 e. The third-order valence-corrected chi connectivity index (χ3v) is 4.14. The highest BCUT2D eigenvalue weighted by molar-refractivity contribution is 7.57. The van der Waals surface area contributed by atoms with E-state index in [4.69, 9.17) is 0 Å². The van der Waals surface area contributed by atoms with E-state index in [1.54, 1.807) is 0 Å². The predicted octanol–water partition coefficient (Wildman–Crippen LogP) is 2.53. The van der Waals surface area contributed by atoms with Gasteiger partial charge in [0.1, 0.15) is 0 Å². The van der Waals surface area contributed by atoms with Gasteiger partial charge in [0.2, 0.25) is 0 Å². The second kappa shape index (κ2) is 3.43. The van der Waals surface area contributed by atoms with Gasteiger partial charge in [-0.2, -0.15) is 0 Å². The van der Waals surface area contributed by atoms with Crippen LogP contribution in [0.4, 0.5) is 0 Å².